The third-order valence-electron chi connectivity index (χ3n) is 4.26. The SMILES string of the molecule is Cc1noc(C)c1CN(C)CCC(=O)NC(C)(C)c1noc(CN(C)C)n1. The van der Waals surface area contributed by atoms with Crippen LogP contribution in [0, 0.1) is 13.8 Å². The lowest BCUT2D eigenvalue weighted by atomic mass is 10.0. The van der Waals surface area contributed by atoms with Gasteiger partial charge in [-0.05, 0) is 48.8 Å². The first-order valence-electron chi connectivity index (χ1n) is 8.97. The fraction of sp³-hybridized carbons (Fsp3) is 0.667. The van der Waals surface area contributed by atoms with E-state index in [0.29, 0.717) is 37.8 Å². The highest BCUT2D eigenvalue weighted by atomic mass is 16.5. The van der Waals surface area contributed by atoms with Crippen LogP contribution in [0.15, 0.2) is 9.05 Å². The van der Waals surface area contributed by atoms with Crippen LogP contribution < -0.4 is 5.32 Å². The minimum atomic E-state index is -0.703. The lowest BCUT2D eigenvalue weighted by molar-refractivity contribution is -0.123. The Morgan fingerprint density at radius 3 is 2.41 bits per heavy atom. The monoisotopic (exact) mass is 378 g/mol. The Morgan fingerprint density at radius 1 is 1.11 bits per heavy atom. The molecule has 0 radical (unpaired) electrons. The number of nitrogens with one attached hydrogen (secondary N) is 1. The van der Waals surface area contributed by atoms with E-state index in [9.17, 15) is 4.79 Å². The fourth-order valence-electron chi connectivity index (χ4n) is 2.68. The summed E-state index contributed by atoms with van der Waals surface area (Å²) in [5.74, 6) is 1.74. The minimum Gasteiger partial charge on any atom is -0.361 e. The van der Waals surface area contributed by atoms with Crippen molar-refractivity contribution in [1.82, 2.24) is 30.4 Å². The van der Waals surface area contributed by atoms with Crippen molar-refractivity contribution < 1.29 is 13.8 Å². The summed E-state index contributed by atoms with van der Waals surface area (Å²) in [5.41, 5.74) is 1.25. The quantitative estimate of drug-likeness (QED) is 0.702. The van der Waals surface area contributed by atoms with Crippen LogP contribution in [0.5, 0.6) is 0 Å². The van der Waals surface area contributed by atoms with Gasteiger partial charge in [0.05, 0.1) is 17.8 Å². The number of hydrogen-bond acceptors (Lipinski definition) is 8. The molecule has 2 rings (SSSR count). The van der Waals surface area contributed by atoms with Crippen LogP contribution in [0.1, 0.15) is 49.0 Å². The molecule has 0 saturated heterocycles. The van der Waals surface area contributed by atoms with Crippen LogP contribution in [-0.4, -0.2) is 58.7 Å². The molecule has 0 aliphatic rings. The number of amides is 1. The lowest BCUT2D eigenvalue weighted by Gasteiger charge is -2.23. The molecule has 0 aromatic carbocycles. The average Bonchev–Trinajstić information content (AvgIpc) is 3.14. The van der Waals surface area contributed by atoms with Gasteiger partial charge in [-0.2, -0.15) is 4.98 Å². The van der Waals surface area contributed by atoms with Crippen molar-refractivity contribution in [2.75, 3.05) is 27.7 Å². The van der Waals surface area contributed by atoms with Gasteiger partial charge in [0.15, 0.2) is 5.82 Å². The number of aromatic nitrogens is 3. The zero-order valence-electron chi connectivity index (χ0n) is 17.3. The molecule has 27 heavy (non-hydrogen) atoms. The van der Waals surface area contributed by atoms with E-state index in [1.54, 1.807) is 0 Å². The summed E-state index contributed by atoms with van der Waals surface area (Å²) in [6.07, 6.45) is 0.367. The molecule has 2 aromatic rings. The van der Waals surface area contributed by atoms with Gasteiger partial charge < -0.3 is 24.2 Å². The topological polar surface area (TPSA) is 101 Å². The third kappa shape index (κ3) is 5.86. The van der Waals surface area contributed by atoms with Gasteiger partial charge in [0, 0.05) is 25.1 Å². The van der Waals surface area contributed by atoms with E-state index >= 15 is 0 Å². The summed E-state index contributed by atoms with van der Waals surface area (Å²) in [7, 11) is 5.82. The van der Waals surface area contributed by atoms with Gasteiger partial charge in [-0.15, -0.1) is 0 Å². The summed E-state index contributed by atoms with van der Waals surface area (Å²) in [6.45, 7) is 9.41. The first-order valence-corrected chi connectivity index (χ1v) is 8.97. The van der Waals surface area contributed by atoms with Crippen LogP contribution in [0.2, 0.25) is 0 Å². The zero-order valence-corrected chi connectivity index (χ0v) is 17.3. The predicted octanol–water partition coefficient (Wildman–Crippen LogP) is 1.61. The molecule has 0 spiro atoms. The number of nitrogens with zero attached hydrogens (tertiary/aromatic N) is 5. The Kier molecular flexibility index (Phi) is 6.72. The van der Waals surface area contributed by atoms with Crippen molar-refractivity contribution in [3.05, 3.63) is 28.7 Å². The van der Waals surface area contributed by atoms with Crippen molar-refractivity contribution in [2.45, 2.75) is 52.7 Å². The molecule has 9 heteroatoms. The molecule has 0 fully saturated rings. The minimum absolute atomic E-state index is 0.0652. The Hall–Kier alpha value is -2.26. The Balaban J connectivity index is 1.85. The highest BCUT2D eigenvalue weighted by molar-refractivity contribution is 5.76. The van der Waals surface area contributed by atoms with E-state index in [1.807, 2.05) is 53.7 Å². The summed E-state index contributed by atoms with van der Waals surface area (Å²) >= 11 is 0. The molecular formula is C18H30N6O3. The maximum absolute atomic E-state index is 12.4. The van der Waals surface area contributed by atoms with Crippen molar-refractivity contribution >= 4 is 5.91 Å². The molecule has 1 N–H and O–H groups in total. The second-order valence-corrected chi connectivity index (χ2v) is 7.71. The van der Waals surface area contributed by atoms with Gasteiger partial charge in [-0.3, -0.25) is 4.79 Å². The van der Waals surface area contributed by atoms with Gasteiger partial charge in [0.25, 0.3) is 0 Å². The Labute approximate surface area is 160 Å². The summed E-state index contributed by atoms with van der Waals surface area (Å²) in [6, 6.07) is 0. The number of rotatable bonds is 9. The second-order valence-electron chi connectivity index (χ2n) is 7.71. The summed E-state index contributed by atoms with van der Waals surface area (Å²) < 4.78 is 10.4. The van der Waals surface area contributed by atoms with Crippen LogP contribution >= 0.6 is 0 Å². The average molecular weight is 378 g/mol. The smallest absolute Gasteiger partial charge is 0.240 e. The number of aryl methyl sites for hydroxylation is 2. The fourth-order valence-corrected chi connectivity index (χ4v) is 2.68. The van der Waals surface area contributed by atoms with Gasteiger partial charge in [0.2, 0.25) is 11.8 Å². The van der Waals surface area contributed by atoms with Gasteiger partial charge in [-0.1, -0.05) is 10.3 Å². The van der Waals surface area contributed by atoms with Crippen LogP contribution in [0.25, 0.3) is 0 Å². The molecule has 0 atom stereocenters. The summed E-state index contributed by atoms with van der Waals surface area (Å²) in [4.78, 5) is 20.8. The molecule has 2 heterocycles. The zero-order chi connectivity index (χ0) is 20.2. The number of hydrogen-bond donors (Lipinski definition) is 1. The van der Waals surface area contributed by atoms with Crippen LogP contribution in [0.3, 0.4) is 0 Å². The van der Waals surface area contributed by atoms with E-state index in [-0.39, 0.29) is 5.91 Å². The third-order valence-corrected chi connectivity index (χ3v) is 4.26. The highest BCUT2D eigenvalue weighted by Gasteiger charge is 2.28. The maximum Gasteiger partial charge on any atom is 0.240 e. The van der Waals surface area contributed by atoms with E-state index in [2.05, 4.69) is 25.5 Å². The maximum atomic E-state index is 12.4. The number of carbonyl (C=O) groups is 1. The Bertz CT molecular complexity index is 745. The van der Waals surface area contributed by atoms with Crippen molar-refractivity contribution in [3.63, 3.8) is 0 Å². The normalized spacial score (nSPS) is 12.2. The molecule has 0 saturated carbocycles. The molecule has 0 unspecified atom stereocenters. The van der Waals surface area contributed by atoms with Gasteiger partial charge in [-0.25, -0.2) is 0 Å². The van der Waals surface area contributed by atoms with Crippen molar-refractivity contribution in [3.8, 4) is 0 Å². The van der Waals surface area contributed by atoms with Crippen LogP contribution in [0.4, 0.5) is 0 Å². The molecule has 0 bridgehead atoms. The lowest BCUT2D eigenvalue weighted by Crippen LogP contribution is -2.42. The first kappa shape index (κ1) is 21.0. The molecule has 0 aliphatic heterocycles. The molecule has 150 valence electrons. The molecular weight excluding hydrogens is 348 g/mol. The van der Waals surface area contributed by atoms with Gasteiger partial charge in [0.1, 0.15) is 5.76 Å². The van der Waals surface area contributed by atoms with E-state index < -0.39 is 5.54 Å². The van der Waals surface area contributed by atoms with Crippen molar-refractivity contribution in [1.29, 1.82) is 0 Å². The van der Waals surface area contributed by atoms with E-state index in [0.717, 1.165) is 17.0 Å². The highest BCUT2D eigenvalue weighted by Crippen LogP contribution is 2.18. The van der Waals surface area contributed by atoms with E-state index in [4.69, 9.17) is 9.05 Å². The first-order chi connectivity index (χ1) is 12.6. The summed E-state index contributed by atoms with van der Waals surface area (Å²) in [5, 5.41) is 10.9. The Morgan fingerprint density at radius 2 is 1.81 bits per heavy atom. The molecule has 2 aromatic heterocycles. The molecule has 9 nitrogen and oxygen atoms in total. The van der Waals surface area contributed by atoms with Crippen LogP contribution in [-0.2, 0) is 23.4 Å². The largest absolute Gasteiger partial charge is 0.361 e. The second kappa shape index (κ2) is 8.62. The van der Waals surface area contributed by atoms with E-state index in [1.165, 1.54) is 0 Å². The molecule has 0 aliphatic carbocycles. The van der Waals surface area contributed by atoms with Gasteiger partial charge >= 0.3 is 0 Å². The molecule has 1 amide bonds. The predicted molar refractivity (Wildman–Crippen MR) is 99.8 cm³/mol. The number of carbonyl (C=O) groups excluding carboxylic acids is 1. The van der Waals surface area contributed by atoms with Crippen molar-refractivity contribution in [2.24, 2.45) is 0 Å². The standard InChI is InChI=1S/C18H30N6O3/c1-12-14(13(2)26-21-12)10-24(7)9-8-15(25)20-18(3,4)17-19-16(27-22-17)11-23(5)6/h8-11H2,1-7H3,(H,20,25).